The summed E-state index contributed by atoms with van der Waals surface area (Å²) in [7, 11) is -1.73. The second-order valence-corrected chi connectivity index (χ2v) is 11.4. The van der Waals surface area contributed by atoms with Gasteiger partial charge in [0.25, 0.3) is 15.9 Å². The van der Waals surface area contributed by atoms with E-state index in [1.54, 1.807) is 22.4 Å². The maximum atomic E-state index is 13.0. The number of hydrogen-bond acceptors (Lipinski definition) is 9. The molecule has 44 heavy (non-hydrogen) atoms. The first-order valence-corrected chi connectivity index (χ1v) is 14.6. The Bertz CT molecular complexity index is 2020. The number of H-pyrrole nitrogens is 1. The molecule has 14 nitrogen and oxygen atoms in total. The van der Waals surface area contributed by atoms with Gasteiger partial charge < -0.3 is 24.7 Å². The summed E-state index contributed by atoms with van der Waals surface area (Å²) in [6.45, 7) is 0. The van der Waals surface area contributed by atoms with Crippen LogP contribution in [-0.2, 0) is 37.8 Å². The number of hydrogen-bond donors (Lipinski definition) is 4. The molecule has 2 aromatic heterocycles. The van der Waals surface area contributed by atoms with Crippen LogP contribution in [0.25, 0.3) is 22.1 Å². The minimum atomic E-state index is -4.58. The molecule has 0 aliphatic rings. The summed E-state index contributed by atoms with van der Waals surface area (Å²) in [6.07, 6.45) is -0.513. The molecular formula is C29H26N6O8S. The van der Waals surface area contributed by atoms with Crippen molar-refractivity contribution in [2.24, 2.45) is 7.05 Å². The number of rotatable bonds is 10. The van der Waals surface area contributed by atoms with Crippen LogP contribution in [0.4, 0.5) is 0 Å². The number of aromatic amines is 1. The molecule has 0 aliphatic heterocycles. The number of imidazole rings is 2. The Kier molecular flexibility index (Phi) is 8.13. The van der Waals surface area contributed by atoms with Gasteiger partial charge in [-0.2, -0.15) is 0 Å². The molecule has 0 aliphatic carbocycles. The van der Waals surface area contributed by atoms with Crippen LogP contribution in [0.5, 0.6) is 0 Å². The highest BCUT2D eigenvalue weighted by molar-refractivity contribution is 7.90. The second-order valence-electron chi connectivity index (χ2n) is 9.75. The molecule has 0 fully saturated rings. The van der Waals surface area contributed by atoms with Crippen molar-refractivity contribution in [3.8, 4) is 0 Å². The Labute approximate surface area is 250 Å². The zero-order valence-corrected chi connectivity index (χ0v) is 24.2. The number of fused-ring (bicyclic) bond motifs is 2. The highest BCUT2D eigenvalue weighted by Gasteiger charge is 2.29. The van der Waals surface area contributed by atoms with Gasteiger partial charge in [-0.1, -0.05) is 24.3 Å². The standard InChI is InChI=1S/C29H26N6O8S/c1-35-22-13-16(11-12-20(22)32-25(35)15-24-30-18-8-4-5-9-19(18)31-24)27(37)33-21(28(38)39)14-26(36)34-44(41,42)23-10-6-3-7-17(23)29(40)43-2/h3-13,21H,14-15H2,1-2H3,(H,30,31)(H,33,37)(H,34,36)(H,38,39)/t21-/m0/s1. The molecule has 2 heterocycles. The SMILES string of the molecule is COC(=O)c1ccccc1S(=O)(=O)NC(=O)C[C@H](NC(=O)c1ccc2nc(Cc3nc4ccccc4[nH]3)n(C)c2c1)C(=O)O. The van der Waals surface area contributed by atoms with Crippen molar-refractivity contribution in [3.63, 3.8) is 0 Å². The number of methoxy groups -OCH3 is 1. The van der Waals surface area contributed by atoms with Crippen LogP contribution in [0.15, 0.2) is 71.6 Å². The first-order chi connectivity index (χ1) is 21.0. The molecule has 0 bridgehead atoms. The summed E-state index contributed by atoms with van der Waals surface area (Å²) in [5, 5.41) is 11.9. The first-order valence-electron chi connectivity index (χ1n) is 13.1. The number of sulfonamides is 1. The van der Waals surface area contributed by atoms with Crippen LogP contribution in [-0.4, -0.2) is 69.9 Å². The lowest BCUT2D eigenvalue weighted by molar-refractivity contribution is -0.141. The molecular weight excluding hydrogens is 592 g/mol. The number of nitrogens with zero attached hydrogens (tertiary/aromatic N) is 3. The van der Waals surface area contributed by atoms with Crippen molar-refractivity contribution in [2.75, 3.05) is 7.11 Å². The number of carboxylic acids is 1. The lowest BCUT2D eigenvalue weighted by Gasteiger charge is -2.15. The summed E-state index contributed by atoms with van der Waals surface area (Å²) in [5.74, 6) is -3.13. The predicted molar refractivity (Wildman–Crippen MR) is 156 cm³/mol. The van der Waals surface area contributed by atoms with E-state index in [1.165, 1.54) is 30.3 Å². The van der Waals surface area contributed by atoms with Gasteiger partial charge in [-0.25, -0.2) is 32.7 Å². The van der Waals surface area contributed by atoms with Crippen molar-refractivity contribution < 1.29 is 37.4 Å². The van der Waals surface area contributed by atoms with E-state index in [1.807, 2.05) is 24.3 Å². The van der Waals surface area contributed by atoms with Gasteiger partial charge in [0, 0.05) is 12.6 Å². The van der Waals surface area contributed by atoms with Gasteiger partial charge in [-0.15, -0.1) is 0 Å². The van der Waals surface area contributed by atoms with Crippen LogP contribution in [0.2, 0.25) is 0 Å². The van der Waals surface area contributed by atoms with Crippen molar-refractivity contribution >= 4 is 55.8 Å². The van der Waals surface area contributed by atoms with Crippen molar-refractivity contribution in [2.45, 2.75) is 23.8 Å². The number of esters is 1. The van der Waals surface area contributed by atoms with Crippen LogP contribution in [0.1, 0.15) is 38.8 Å². The molecule has 15 heteroatoms. The number of aromatic nitrogens is 4. The Hall–Kier alpha value is -5.57. The molecule has 0 spiro atoms. The van der Waals surface area contributed by atoms with Crippen LogP contribution in [0, 0.1) is 0 Å². The van der Waals surface area contributed by atoms with Gasteiger partial charge in [-0.05, 0) is 42.5 Å². The van der Waals surface area contributed by atoms with E-state index in [2.05, 4.69) is 25.0 Å². The number of para-hydroxylation sites is 2. The summed E-state index contributed by atoms with van der Waals surface area (Å²) >= 11 is 0. The molecule has 226 valence electrons. The van der Waals surface area contributed by atoms with Gasteiger partial charge >= 0.3 is 11.9 Å². The number of aliphatic carboxylic acids is 1. The zero-order chi connectivity index (χ0) is 31.6. The van der Waals surface area contributed by atoms with Gasteiger partial charge in [0.1, 0.15) is 22.6 Å². The number of ether oxygens (including phenoxy) is 1. The summed E-state index contributed by atoms with van der Waals surface area (Å²) in [4.78, 5) is 61.4. The average Bonchev–Trinajstić information content (AvgIpc) is 3.55. The van der Waals surface area contributed by atoms with E-state index in [-0.39, 0.29) is 11.1 Å². The van der Waals surface area contributed by atoms with Gasteiger partial charge in [-0.3, -0.25) is 9.59 Å². The fraction of sp³-hybridized carbons (Fsp3) is 0.172. The fourth-order valence-corrected chi connectivity index (χ4v) is 5.82. The minimum absolute atomic E-state index is 0.0991. The lowest BCUT2D eigenvalue weighted by atomic mass is 10.1. The second kappa shape index (κ2) is 12.0. The Balaban J connectivity index is 1.29. The Morgan fingerprint density at radius 3 is 2.45 bits per heavy atom. The zero-order valence-electron chi connectivity index (χ0n) is 23.4. The fourth-order valence-electron chi connectivity index (χ4n) is 4.63. The maximum Gasteiger partial charge on any atom is 0.339 e. The molecule has 5 rings (SSSR count). The third-order valence-electron chi connectivity index (χ3n) is 6.82. The maximum absolute atomic E-state index is 13.0. The van der Waals surface area contributed by atoms with Crippen LogP contribution >= 0.6 is 0 Å². The van der Waals surface area contributed by atoms with Crippen LogP contribution < -0.4 is 10.0 Å². The van der Waals surface area contributed by atoms with Crippen molar-refractivity contribution in [3.05, 3.63) is 89.5 Å². The topological polar surface area (TPSA) is 202 Å². The highest BCUT2D eigenvalue weighted by Crippen LogP contribution is 2.20. The van der Waals surface area contributed by atoms with Crippen molar-refractivity contribution in [1.82, 2.24) is 29.6 Å². The lowest BCUT2D eigenvalue weighted by Crippen LogP contribution is -2.45. The molecule has 0 saturated heterocycles. The molecule has 4 N–H and O–H groups in total. The Morgan fingerprint density at radius 1 is 1.00 bits per heavy atom. The normalized spacial score (nSPS) is 12.1. The number of carbonyl (C=O) groups excluding carboxylic acids is 3. The van der Waals surface area contributed by atoms with E-state index in [0.717, 1.165) is 24.2 Å². The third-order valence-corrected chi connectivity index (χ3v) is 8.25. The number of carbonyl (C=O) groups is 4. The molecule has 0 unspecified atom stereocenters. The number of carboxylic acid groups (broad SMARTS) is 1. The van der Waals surface area contributed by atoms with E-state index < -0.39 is 51.1 Å². The van der Waals surface area contributed by atoms with Gasteiger partial charge in [0.2, 0.25) is 5.91 Å². The van der Waals surface area contributed by atoms with E-state index in [4.69, 9.17) is 0 Å². The Morgan fingerprint density at radius 2 is 1.73 bits per heavy atom. The molecule has 0 radical (unpaired) electrons. The van der Waals surface area contributed by atoms with E-state index in [9.17, 15) is 32.7 Å². The molecule has 5 aromatic rings. The minimum Gasteiger partial charge on any atom is -0.480 e. The summed E-state index contributed by atoms with van der Waals surface area (Å²) < 4.78 is 33.7. The van der Waals surface area contributed by atoms with Crippen LogP contribution in [0.3, 0.4) is 0 Å². The number of aryl methyl sites for hydroxylation is 1. The van der Waals surface area contributed by atoms with Gasteiger partial charge in [0.05, 0.1) is 47.6 Å². The monoisotopic (exact) mass is 618 g/mol. The van der Waals surface area contributed by atoms with E-state index in [0.29, 0.717) is 29.1 Å². The molecule has 1 atom stereocenters. The first kappa shape index (κ1) is 29.9. The number of benzene rings is 3. The van der Waals surface area contributed by atoms with E-state index >= 15 is 0 Å². The summed E-state index contributed by atoms with van der Waals surface area (Å²) in [5.41, 5.74) is 2.70. The molecule has 2 amide bonds. The largest absolute Gasteiger partial charge is 0.480 e. The molecule has 0 saturated carbocycles. The average molecular weight is 619 g/mol. The third kappa shape index (κ3) is 6.12. The summed E-state index contributed by atoms with van der Waals surface area (Å²) in [6, 6.07) is 15.5. The number of nitrogens with one attached hydrogen (secondary N) is 3. The van der Waals surface area contributed by atoms with Crippen molar-refractivity contribution in [1.29, 1.82) is 0 Å². The predicted octanol–water partition coefficient (Wildman–Crippen LogP) is 1.91. The molecule has 3 aromatic carbocycles. The van der Waals surface area contributed by atoms with Gasteiger partial charge in [0.15, 0.2) is 0 Å². The highest BCUT2D eigenvalue weighted by atomic mass is 32.2. The quantitative estimate of drug-likeness (QED) is 0.167. The number of amides is 2. The smallest absolute Gasteiger partial charge is 0.339 e.